The molecule has 1 aliphatic carbocycles. The molecule has 4 nitrogen and oxygen atoms in total. The molecular formula is C22H24F3NO3. The molecule has 0 aliphatic heterocycles. The van der Waals surface area contributed by atoms with Crippen molar-refractivity contribution in [2.24, 2.45) is 0 Å². The fourth-order valence-corrected chi connectivity index (χ4v) is 3.89. The molecule has 29 heavy (non-hydrogen) atoms. The quantitative estimate of drug-likeness (QED) is 0.748. The second kappa shape index (κ2) is 8.86. The Labute approximate surface area is 167 Å². The number of carbonyl (C=O) groups excluding carboxylic acids is 1. The average Bonchev–Trinajstić information content (AvgIpc) is 2.71. The first-order valence-electron chi connectivity index (χ1n) is 9.57. The van der Waals surface area contributed by atoms with Crippen molar-refractivity contribution in [2.75, 3.05) is 13.7 Å². The monoisotopic (exact) mass is 407 g/mol. The fraction of sp³-hybridized carbons (Fsp3) is 0.409. The van der Waals surface area contributed by atoms with Gasteiger partial charge in [0, 0.05) is 13.0 Å². The third kappa shape index (κ3) is 5.09. The Hall–Kier alpha value is -2.54. The molecule has 1 amide bonds. The molecule has 2 aromatic rings. The largest absolute Gasteiger partial charge is 0.497 e. The van der Waals surface area contributed by atoms with E-state index in [0.717, 1.165) is 42.2 Å². The standard InChI is InChI=1S/C22H24F3NO3/c1-29-16-9-10-17-14(11-16)5-4-6-15(17)12-21(28)26-13-20(27)18-7-2-3-8-19(18)22(23,24)25/h2-3,7-11,15,20,27H,4-6,12-13H2,1H3,(H,26,28). The summed E-state index contributed by atoms with van der Waals surface area (Å²) in [5.74, 6) is 0.534. The predicted octanol–water partition coefficient (Wildman–Crippen LogP) is 4.37. The van der Waals surface area contributed by atoms with Crippen LogP contribution >= 0.6 is 0 Å². The highest BCUT2D eigenvalue weighted by Crippen LogP contribution is 2.36. The summed E-state index contributed by atoms with van der Waals surface area (Å²) in [6.07, 6.45) is -3.01. The third-order valence-corrected chi connectivity index (χ3v) is 5.34. The van der Waals surface area contributed by atoms with Crippen LogP contribution in [0.25, 0.3) is 0 Å². The molecule has 0 radical (unpaired) electrons. The summed E-state index contributed by atoms with van der Waals surface area (Å²) in [4.78, 5) is 12.4. The van der Waals surface area contributed by atoms with Crippen molar-refractivity contribution in [1.29, 1.82) is 0 Å². The topological polar surface area (TPSA) is 58.6 Å². The summed E-state index contributed by atoms with van der Waals surface area (Å²) < 4.78 is 44.6. The van der Waals surface area contributed by atoms with E-state index in [1.165, 1.54) is 18.2 Å². The third-order valence-electron chi connectivity index (χ3n) is 5.34. The molecule has 0 saturated carbocycles. The Morgan fingerprint density at radius 2 is 2.03 bits per heavy atom. The number of amides is 1. The lowest BCUT2D eigenvalue weighted by Gasteiger charge is -2.26. The maximum absolute atomic E-state index is 13.1. The molecule has 2 aromatic carbocycles. The Balaban J connectivity index is 1.62. The van der Waals surface area contributed by atoms with Gasteiger partial charge in [-0.2, -0.15) is 13.2 Å². The first kappa shape index (κ1) is 21.2. The molecule has 156 valence electrons. The van der Waals surface area contributed by atoms with Crippen LogP contribution in [-0.4, -0.2) is 24.7 Å². The average molecular weight is 407 g/mol. The van der Waals surface area contributed by atoms with Gasteiger partial charge in [0.05, 0.1) is 18.8 Å². The number of hydrogen-bond donors (Lipinski definition) is 2. The van der Waals surface area contributed by atoms with Crippen molar-refractivity contribution >= 4 is 5.91 Å². The minimum Gasteiger partial charge on any atom is -0.497 e. The highest BCUT2D eigenvalue weighted by molar-refractivity contribution is 5.77. The molecule has 7 heteroatoms. The number of ether oxygens (including phenoxy) is 1. The fourth-order valence-electron chi connectivity index (χ4n) is 3.89. The van der Waals surface area contributed by atoms with E-state index in [2.05, 4.69) is 5.32 Å². The number of rotatable bonds is 6. The van der Waals surface area contributed by atoms with Gasteiger partial charge in [0.1, 0.15) is 5.75 Å². The number of aliphatic hydroxyl groups excluding tert-OH is 1. The van der Waals surface area contributed by atoms with Gasteiger partial charge in [0.2, 0.25) is 5.91 Å². The summed E-state index contributed by atoms with van der Waals surface area (Å²) >= 11 is 0. The second-order valence-electron chi connectivity index (χ2n) is 7.26. The first-order valence-corrected chi connectivity index (χ1v) is 9.57. The van der Waals surface area contributed by atoms with Crippen molar-refractivity contribution in [1.82, 2.24) is 5.32 Å². The van der Waals surface area contributed by atoms with Gasteiger partial charge in [-0.25, -0.2) is 0 Å². The van der Waals surface area contributed by atoms with Crippen LogP contribution in [0, 0.1) is 0 Å². The Kier molecular flexibility index (Phi) is 6.47. The van der Waals surface area contributed by atoms with E-state index in [4.69, 9.17) is 4.74 Å². The maximum Gasteiger partial charge on any atom is 0.416 e. The van der Waals surface area contributed by atoms with E-state index in [9.17, 15) is 23.1 Å². The van der Waals surface area contributed by atoms with Crippen molar-refractivity contribution in [3.05, 3.63) is 64.7 Å². The Morgan fingerprint density at radius 1 is 1.28 bits per heavy atom. The summed E-state index contributed by atoms with van der Waals surface area (Å²) in [5, 5.41) is 12.8. The number of aliphatic hydroxyl groups is 1. The summed E-state index contributed by atoms with van der Waals surface area (Å²) in [7, 11) is 1.61. The van der Waals surface area contributed by atoms with Crippen molar-refractivity contribution in [2.45, 2.75) is 43.9 Å². The minimum absolute atomic E-state index is 0.0456. The highest BCUT2D eigenvalue weighted by Gasteiger charge is 2.34. The molecule has 0 bridgehead atoms. The van der Waals surface area contributed by atoms with Crippen LogP contribution in [0.15, 0.2) is 42.5 Å². The minimum atomic E-state index is -4.56. The van der Waals surface area contributed by atoms with Crippen molar-refractivity contribution in [3.63, 3.8) is 0 Å². The van der Waals surface area contributed by atoms with E-state index in [1.807, 2.05) is 18.2 Å². The molecule has 2 atom stereocenters. The van der Waals surface area contributed by atoms with Gasteiger partial charge >= 0.3 is 6.18 Å². The number of nitrogens with one attached hydrogen (secondary N) is 1. The van der Waals surface area contributed by atoms with Crippen LogP contribution in [0.1, 0.15) is 53.5 Å². The molecule has 2 unspecified atom stereocenters. The molecule has 3 rings (SSSR count). The van der Waals surface area contributed by atoms with Crippen LogP contribution < -0.4 is 10.1 Å². The number of halogens is 3. The number of hydrogen-bond acceptors (Lipinski definition) is 3. The van der Waals surface area contributed by atoms with E-state index in [1.54, 1.807) is 7.11 Å². The molecular weight excluding hydrogens is 383 g/mol. The van der Waals surface area contributed by atoms with E-state index in [-0.39, 0.29) is 30.4 Å². The molecule has 2 N–H and O–H groups in total. The number of benzene rings is 2. The Morgan fingerprint density at radius 3 is 2.76 bits per heavy atom. The molecule has 0 heterocycles. The van der Waals surface area contributed by atoms with E-state index in [0.29, 0.717) is 0 Å². The number of fused-ring (bicyclic) bond motifs is 1. The van der Waals surface area contributed by atoms with E-state index < -0.39 is 17.8 Å². The normalized spacial score (nSPS) is 17.3. The van der Waals surface area contributed by atoms with Gasteiger partial charge in [0.25, 0.3) is 0 Å². The van der Waals surface area contributed by atoms with Gasteiger partial charge in [-0.3, -0.25) is 4.79 Å². The van der Waals surface area contributed by atoms with Gasteiger partial charge < -0.3 is 15.2 Å². The SMILES string of the molecule is COc1ccc2c(c1)CCCC2CC(=O)NCC(O)c1ccccc1C(F)(F)F. The number of methoxy groups -OCH3 is 1. The highest BCUT2D eigenvalue weighted by atomic mass is 19.4. The molecule has 0 fully saturated rings. The number of aryl methyl sites for hydroxylation is 1. The number of carbonyl (C=O) groups is 1. The van der Waals surface area contributed by atoms with Crippen molar-refractivity contribution in [3.8, 4) is 5.75 Å². The smallest absolute Gasteiger partial charge is 0.416 e. The molecule has 1 aliphatic rings. The zero-order valence-corrected chi connectivity index (χ0v) is 16.1. The maximum atomic E-state index is 13.1. The van der Waals surface area contributed by atoms with Crippen LogP contribution in [0.2, 0.25) is 0 Å². The molecule has 0 saturated heterocycles. The van der Waals surface area contributed by atoms with Gasteiger partial charge in [-0.1, -0.05) is 24.3 Å². The summed E-state index contributed by atoms with van der Waals surface area (Å²) in [6.45, 7) is -0.270. The van der Waals surface area contributed by atoms with Crippen LogP contribution in [0.5, 0.6) is 5.75 Å². The Bertz CT molecular complexity index is 867. The van der Waals surface area contributed by atoms with Gasteiger partial charge in [-0.05, 0) is 60.1 Å². The summed E-state index contributed by atoms with van der Waals surface area (Å²) in [6, 6.07) is 10.7. The van der Waals surface area contributed by atoms with Crippen LogP contribution in [-0.2, 0) is 17.4 Å². The summed E-state index contributed by atoms with van der Waals surface area (Å²) in [5.41, 5.74) is 1.13. The lowest BCUT2D eigenvalue weighted by Crippen LogP contribution is -2.30. The predicted molar refractivity (Wildman–Crippen MR) is 103 cm³/mol. The van der Waals surface area contributed by atoms with Crippen molar-refractivity contribution < 1.29 is 27.8 Å². The van der Waals surface area contributed by atoms with Gasteiger partial charge in [0.15, 0.2) is 0 Å². The zero-order valence-electron chi connectivity index (χ0n) is 16.1. The van der Waals surface area contributed by atoms with E-state index >= 15 is 0 Å². The first-order chi connectivity index (χ1) is 13.8. The lowest BCUT2D eigenvalue weighted by molar-refractivity contribution is -0.139. The van der Waals surface area contributed by atoms with Gasteiger partial charge in [-0.15, -0.1) is 0 Å². The van der Waals surface area contributed by atoms with Crippen LogP contribution in [0.4, 0.5) is 13.2 Å². The lowest BCUT2D eigenvalue weighted by atomic mass is 9.81. The number of alkyl halides is 3. The second-order valence-corrected chi connectivity index (χ2v) is 7.26. The van der Waals surface area contributed by atoms with Crippen LogP contribution in [0.3, 0.4) is 0 Å². The molecule has 0 spiro atoms. The zero-order chi connectivity index (χ0) is 21.0. The molecule has 0 aromatic heterocycles.